The van der Waals surface area contributed by atoms with Crippen molar-refractivity contribution in [3.05, 3.63) is 60.3 Å². The van der Waals surface area contributed by atoms with Crippen LogP contribution in [0.2, 0.25) is 0 Å². The zero-order chi connectivity index (χ0) is 27.9. The van der Waals surface area contributed by atoms with Crippen molar-refractivity contribution in [1.82, 2.24) is 20.1 Å². The molecule has 1 N–H and O–H groups in total. The van der Waals surface area contributed by atoms with E-state index in [0.29, 0.717) is 38.0 Å². The number of carbonyl (C=O) groups is 1. The van der Waals surface area contributed by atoms with Gasteiger partial charge in [0.25, 0.3) is 0 Å². The van der Waals surface area contributed by atoms with Gasteiger partial charge in [0, 0.05) is 48.6 Å². The van der Waals surface area contributed by atoms with Crippen molar-refractivity contribution in [2.45, 2.75) is 50.0 Å². The second-order valence-corrected chi connectivity index (χ2v) is 13.4. The fraction of sp³-hybridized carbons (Fsp3) is 0.448. The number of benzene rings is 1. The maximum atomic E-state index is 14.7. The lowest BCUT2D eigenvalue weighted by atomic mass is 9.75. The summed E-state index contributed by atoms with van der Waals surface area (Å²) in [6.45, 7) is 0.903. The Morgan fingerprint density at radius 2 is 1.82 bits per heavy atom. The predicted octanol–water partition coefficient (Wildman–Crippen LogP) is 3.75. The Morgan fingerprint density at radius 1 is 1.10 bits per heavy atom. The number of aromatic nitrogens is 3. The summed E-state index contributed by atoms with van der Waals surface area (Å²) >= 11 is 0. The molecule has 2 atom stereocenters. The van der Waals surface area contributed by atoms with Gasteiger partial charge in [-0.2, -0.15) is 10.4 Å². The highest BCUT2D eigenvalue weighted by atomic mass is 32.2. The van der Waals surface area contributed by atoms with Crippen LogP contribution in [0.25, 0.3) is 16.9 Å². The van der Waals surface area contributed by atoms with Crippen molar-refractivity contribution in [1.29, 1.82) is 5.26 Å². The van der Waals surface area contributed by atoms with Crippen LogP contribution in [0.4, 0.5) is 10.1 Å². The van der Waals surface area contributed by atoms with Crippen molar-refractivity contribution in [2.75, 3.05) is 29.5 Å². The maximum Gasteiger partial charge on any atom is 0.225 e. The average molecular weight is 563 g/mol. The molecule has 3 aliphatic rings. The normalized spacial score (nSPS) is 23.2. The monoisotopic (exact) mass is 562 g/mol. The van der Waals surface area contributed by atoms with E-state index in [9.17, 15) is 22.9 Å². The van der Waals surface area contributed by atoms with E-state index in [4.69, 9.17) is 5.10 Å². The van der Waals surface area contributed by atoms with Crippen molar-refractivity contribution >= 4 is 21.4 Å². The molecule has 3 fully saturated rings. The highest BCUT2D eigenvalue weighted by Crippen LogP contribution is 2.43. The first-order chi connectivity index (χ1) is 19.3. The molecule has 9 nitrogen and oxygen atoms in total. The first-order valence-electron chi connectivity index (χ1n) is 13.8. The third kappa shape index (κ3) is 5.20. The Kier molecular flexibility index (Phi) is 6.82. The molecule has 6 rings (SSSR count). The Bertz CT molecular complexity index is 1560. The molecule has 11 heteroatoms. The highest BCUT2D eigenvalue weighted by Gasteiger charge is 2.47. The Labute approximate surface area is 232 Å². The van der Waals surface area contributed by atoms with Crippen LogP contribution in [0.15, 0.2) is 48.8 Å². The van der Waals surface area contributed by atoms with Crippen LogP contribution in [0.5, 0.6) is 0 Å². The van der Waals surface area contributed by atoms with Crippen molar-refractivity contribution in [3.8, 4) is 23.0 Å². The van der Waals surface area contributed by atoms with Crippen LogP contribution >= 0.6 is 0 Å². The number of nitriles is 1. The predicted molar refractivity (Wildman–Crippen MR) is 148 cm³/mol. The fourth-order valence-corrected chi connectivity index (χ4v) is 7.05. The lowest BCUT2D eigenvalue weighted by Crippen LogP contribution is -2.42. The number of hydrogen-bond acceptors (Lipinski definition) is 7. The number of pyridine rings is 1. The Balaban J connectivity index is 1.36. The summed E-state index contributed by atoms with van der Waals surface area (Å²) in [5.74, 6) is -0.800. The molecule has 1 saturated heterocycles. The van der Waals surface area contributed by atoms with Crippen molar-refractivity contribution in [3.63, 3.8) is 0 Å². The van der Waals surface area contributed by atoms with Crippen LogP contribution in [-0.2, 0) is 14.6 Å². The van der Waals surface area contributed by atoms with Gasteiger partial charge in [-0.05, 0) is 55.5 Å². The molecule has 0 spiro atoms. The quantitative estimate of drug-likeness (QED) is 0.486. The van der Waals surface area contributed by atoms with E-state index in [1.165, 1.54) is 23.0 Å². The largest absolute Gasteiger partial charge is 0.369 e. The van der Waals surface area contributed by atoms with Crippen LogP contribution in [0.1, 0.15) is 50.1 Å². The third-order valence-corrected chi connectivity index (χ3v) is 9.98. The number of nitrogens with one attached hydrogen (secondary N) is 1. The third-order valence-electron chi connectivity index (χ3n) is 8.37. The lowest BCUT2D eigenvalue weighted by Gasteiger charge is -2.31. The molecule has 3 heterocycles. The van der Waals surface area contributed by atoms with E-state index < -0.39 is 21.2 Å². The second kappa shape index (κ2) is 10.3. The van der Waals surface area contributed by atoms with Crippen LogP contribution in [0.3, 0.4) is 0 Å². The van der Waals surface area contributed by atoms with Gasteiger partial charge in [0.2, 0.25) is 5.91 Å². The molecule has 2 saturated carbocycles. The van der Waals surface area contributed by atoms with Gasteiger partial charge < -0.3 is 10.2 Å². The minimum atomic E-state index is -2.98. The highest BCUT2D eigenvalue weighted by molar-refractivity contribution is 7.91. The van der Waals surface area contributed by atoms with E-state index >= 15 is 0 Å². The molecular formula is C29H31FN6O3S. The molecule has 0 unspecified atom stereocenters. The number of halogens is 1. The number of amides is 1. The van der Waals surface area contributed by atoms with E-state index in [1.54, 1.807) is 6.20 Å². The van der Waals surface area contributed by atoms with Gasteiger partial charge in [0.15, 0.2) is 21.5 Å². The number of carbonyl (C=O) groups excluding carboxylic acids is 1. The van der Waals surface area contributed by atoms with Gasteiger partial charge in [-0.3, -0.25) is 4.79 Å². The zero-order valence-corrected chi connectivity index (χ0v) is 22.9. The van der Waals surface area contributed by atoms with E-state index in [2.05, 4.69) is 21.3 Å². The van der Waals surface area contributed by atoms with Crippen LogP contribution in [-0.4, -0.2) is 59.2 Å². The Morgan fingerprint density at radius 3 is 2.50 bits per heavy atom. The number of hydrogen-bond donors (Lipinski definition) is 1. The molecule has 0 bridgehead atoms. The zero-order valence-electron chi connectivity index (χ0n) is 22.1. The number of nitrogens with zero attached hydrogens (tertiary/aromatic N) is 5. The number of sulfone groups is 1. The van der Waals surface area contributed by atoms with E-state index in [0.717, 1.165) is 36.1 Å². The molecule has 208 valence electrons. The summed E-state index contributed by atoms with van der Waals surface area (Å²) < 4.78 is 39.9. The average Bonchev–Trinajstić information content (AvgIpc) is 3.60. The SMILES string of the molecule is N#CC1(NC(=O)[C@@H]2CCCC[C@H]2c2nn(-c3ncccc3F)cc2-c2ccc(N3CCS(=O)(=O)CC3)cc2)CC1. The first-order valence-corrected chi connectivity index (χ1v) is 15.6. The lowest BCUT2D eigenvalue weighted by molar-refractivity contribution is -0.127. The van der Waals surface area contributed by atoms with Gasteiger partial charge in [0.05, 0.1) is 23.3 Å². The molecule has 0 radical (unpaired) electrons. The smallest absolute Gasteiger partial charge is 0.225 e. The van der Waals surface area contributed by atoms with Gasteiger partial charge in [-0.15, -0.1) is 0 Å². The standard InChI is InChI=1S/C29H31FN6O3S/c30-25-6-3-13-32-27(25)36-18-24(20-7-9-21(10-8-20)35-14-16-40(38,39)17-15-35)26(34-36)22-4-1-2-5-23(22)28(37)33-29(19-31)11-12-29/h3,6-10,13,18,22-23H,1-2,4-5,11-12,14-17H2,(H,33,37)/t22-,23-/m1/s1. The summed E-state index contributed by atoms with van der Waals surface area (Å²) in [5.41, 5.74) is 2.56. The fourth-order valence-electron chi connectivity index (χ4n) is 5.85. The molecule has 1 aliphatic heterocycles. The van der Waals surface area contributed by atoms with Crippen molar-refractivity contribution < 1.29 is 17.6 Å². The summed E-state index contributed by atoms with van der Waals surface area (Å²) in [6, 6.07) is 13.0. The van der Waals surface area contributed by atoms with Crippen molar-refractivity contribution in [2.24, 2.45) is 5.92 Å². The molecule has 2 aliphatic carbocycles. The van der Waals surface area contributed by atoms with Gasteiger partial charge in [-0.25, -0.2) is 22.5 Å². The van der Waals surface area contributed by atoms with Crippen LogP contribution in [0, 0.1) is 23.1 Å². The molecule has 3 aromatic rings. The molecule has 1 amide bonds. The summed E-state index contributed by atoms with van der Waals surface area (Å²) in [6.07, 6.45) is 7.93. The number of anilines is 1. The van der Waals surface area contributed by atoms with Gasteiger partial charge >= 0.3 is 0 Å². The van der Waals surface area contributed by atoms with E-state index in [1.807, 2.05) is 24.3 Å². The summed E-state index contributed by atoms with van der Waals surface area (Å²) in [5, 5.41) is 17.3. The minimum Gasteiger partial charge on any atom is -0.369 e. The molecular weight excluding hydrogens is 531 g/mol. The minimum absolute atomic E-state index is 0.0828. The first kappa shape index (κ1) is 26.4. The van der Waals surface area contributed by atoms with Crippen LogP contribution < -0.4 is 10.2 Å². The Hall–Kier alpha value is -3.78. The summed E-state index contributed by atoms with van der Waals surface area (Å²) in [4.78, 5) is 19.7. The molecule has 2 aromatic heterocycles. The maximum absolute atomic E-state index is 14.7. The van der Waals surface area contributed by atoms with E-state index in [-0.39, 0.29) is 35.1 Å². The molecule has 40 heavy (non-hydrogen) atoms. The van der Waals surface area contributed by atoms with Gasteiger partial charge in [-0.1, -0.05) is 25.0 Å². The summed E-state index contributed by atoms with van der Waals surface area (Å²) in [7, 11) is -2.98. The van der Waals surface area contributed by atoms with Gasteiger partial charge in [0.1, 0.15) is 5.54 Å². The second-order valence-electron chi connectivity index (χ2n) is 11.0. The molecule has 1 aromatic carbocycles. The topological polar surface area (TPSA) is 121 Å². The number of rotatable bonds is 6.